The molecule has 0 spiro atoms. The molecule has 0 aromatic carbocycles. The van der Waals surface area contributed by atoms with Crippen molar-refractivity contribution in [3.63, 3.8) is 0 Å². The third-order valence-electron chi connectivity index (χ3n) is 13.9. The van der Waals surface area contributed by atoms with Gasteiger partial charge in [0.15, 0.2) is 12.4 Å². The highest BCUT2D eigenvalue weighted by Crippen LogP contribution is 2.26. The van der Waals surface area contributed by atoms with Crippen molar-refractivity contribution in [2.45, 2.75) is 320 Å². The number of esters is 1. The minimum atomic E-state index is -1.61. The second-order valence-corrected chi connectivity index (χ2v) is 20.4. The lowest BCUT2D eigenvalue weighted by molar-refractivity contribution is -0.305. The third-order valence-corrected chi connectivity index (χ3v) is 13.9. The average molecular weight is 981 g/mol. The number of carbonyl (C=O) groups is 2. The van der Waals surface area contributed by atoms with Gasteiger partial charge in [0.1, 0.15) is 24.4 Å². The van der Waals surface area contributed by atoms with Crippen molar-refractivity contribution in [2.75, 3.05) is 13.2 Å². The van der Waals surface area contributed by atoms with Gasteiger partial charge in [-0.1, -0.05) is 238 Å². The van der Waals surface area contributed by atoms with Gasteiger partial charge >= 0.3 is 5.97 Å². The molecule has 1 aliphatic rings. The van der Waals surface area contributed by atoms with Crippen LogP contribution in [0.25, 0.3) is 0 Å². The van der Waals surface area contributed by atoms with Crippen LogP contribution in [0.15, 0.2) is 24.3 Å². The van der Waals surface area contributed by atoms with Crippen molar-refractivity contribution in [3.05, 3.63) is 24.3 Å². The highest BCUT2D eigenvalue weighted by molar-refractivity contribution is 5.80. The topological polar surface area (TPSA) is 175 Å². The van der Waals surface area contributed by atoms with Crippen molar-refractivity contribution in [1.82, 2.24) is 5.32 Å². The van der Waals surface area contributed by atoms with Crippen LogP contribution in [-0.4, -0.2) is 99.6 Å². The Morgan fingerprint density at radius 1 is 0.551 bits per heavy atom. The summed E-state index contributed by atoms with van der Waals surface area (Å²) >= 11 is 0. The molecule has 0 aliphatic carbocycles. The summed E-state index contributed by atoms with van der Waals surface area (Å²) < 4.78 is 17.6. The van der Waals surface area contributed by atoms with Gasteiger partial charge in [0, 0.05) is 6.42 Å². The Labute approximate surface area is 422 Å². The van der Waals surface area contributed by atoms with Crippen molar-refractivity contribution in [3.8, 4) is 0 Å². The van der Waals surface area contributed by atoms with E-state index in [0.29, 0.717) is 12.8 Å². The van der Waals surface area contributed by atoms with Crippen LogP contribution < -0.4 is 5.32 Å². The molecule has 1 saturated heterocycles. The Balaban J connectivity index is 2.73. The van der Waals surface area contributed by atoms with E-state index in [0.717, 1.165) is 57.8 Å². The summed E-state index contributed by atoms with van der Waals surface area (Å²) in [5.41, 5.74) is 0. The zero-order valence-electron chi connectivity index (χ0n) is 44.7. The molecular formula is C58H109NO10. The van der Waals surface area contributed by atoms with E-state index >= 15 is 0 Å². The van der Waals surface area contributed by atoms with Crippen LogP contribution in [0, 0.1) is 0 Å². The molecule has 1 fully saturated rings. The van der Waals surface area contributed by atoms with Crippen molar-refractivity contribution >= 4 is 11.9 Å². The van der Waals surface area contributed by atoms with Gasteiger partial charge < -0.3 is 45.1 Å². The van der Waals surface area contributed by atoms with E-state index in [1.165, 1.54) is 167 Å². The standard InChI is InChI=1S/C58H109NO10/c1-4-7-10-13-16-19-22-25-26-28-31-34-37-40-43-46-53(63)69-56-55(65)54(64)52(47-60)68-58(56)67-48-49(50(61)44-41-38-35-32-29-24-21-18-15-12-9-6-3)59-57(66)51(62)45-42-39-36-33-30-27-23-20-17-14-11-8-5-2/h30,33,41,44,49-52,54-56,58,60-62,64-65H,4-29,31-32,34-40,42-43,45-48H2,1-3H3,(H,59,66)/b33-30-,44-41+. The number of allylic oxidation sites excluding steroid dienone is 3. The Kier molecular flexibility index (Phi) is 44.5. The molecule has 11 heteroatoms. The fourth-order valence-corrected chi connectivity index (χ4v) is 9.18. The van der Waals surface area contributed by atoms with E-state index in [1.807, 2.05) is 6.08 Å². The Morgan fingerprint density at radius 2 is 0.957 bits per heavy atom. The monoisotopic (exact) mass is 980 g/mol. The molecule has 0 aromatic rings. The Hall–Kier alpha value is -1.86. The molecule has 0 bridgehead atoms. The molecule has 1 heterocycles. The Morgan fingerprint density at radius 3 is 1.41 bits per heavy atom. The zero-order valence-corrected chi connectivity index (χ0v) is 44.7. The summed E-state index contributed by atoms with van der Waals surface area (Å²) in [6, 6.07) is -1.03. The zero-order chi connectivity index (χ0) is 50.4. The summed E-state index contributed by atoms with van der Waals surface area (Å²) in [6.45, 7) is 5.77. The summed E-state index contributed by atoms with van der Waals surface area (Å²) in [6.07, 6.45) is 42.2. The quantitative estimate of drug-likeness (QED) is 0.0196. The number of nitrogens with one attached hydrogen (secondary N) is 1. The molecule has 8 unspecified atom stereocenters. The van der Waals surface area contributed by atoms with Gasteiger partial charge in [0.05, 0.1) is 25.4 Å². The highest BCUT2D eigenvalue weighted by atomic mass is 16.7. The molecule has 0 aromatic heterocycles. The van der Waals surface area contributed by atoms with Crippen LogP contribution in [0.1, 0.15) is 271 Å². The second-order valence-electron chi connectivity index (χ2n) is 20.4. The molecule has 1 amide bonds. The molecule has 1 aliphatic heterocycles. The largest absolute Gasteiger partial charge is 0.454 e. The lowest BCUT2D eigenvalue weighted by Gasteiger charge is -2.41. The van der Waals surface area contributed by atoms with Gasteiger partial charge in [0.2, 0.25) is 5.91 Å². The molecule has 0 radical (unpaired) electrons. The van der Waals surface area contributed by atoms with E-state index in [4.69, 9.17) is 14.2 Å². The predicted molar refractivity (Wildman–Crippen MR) is 283 cm³/mol. The number of hydrogen-bond donors (Lipinski definition) is 6. The number of ether oxygens (including phenoxy) is 3. The number of aliphatic hydroxyl groups excluding tert-OH is 5. The van der Waals surface area contributed by atoms with Gasteiger partial charge in [-0.05, 0) is 51.4 Å². The first-order chi connectivity index (χ1) is 33.7. The van der Waals surface area contributed by atoms with Gasteiger partial charge in [-0.2, -0.15) is 0 Å². The molecule has 11 nitrogen and oxygen atoms in total. The van der Waals surface area contributed by atoms with Crippen LogP contribution in [-0.2, 0) is 23.8 Å². The minimum absolute atomic E-state index is 0.127. The van der Waals surface area contributed by atoms with E-state index < -0.39 is 67.4 Å². The first-order valence-electron chi connectivity index (χ1n) is 29.1. The molecule has 1 rings (SSSR count). The molecule has 406 valence electrons. The summed E-state index contributed by atoms with van der Waals surface area (Å²) in [7, 11) is 0. The summed E-state index contributed by atoms with van der Waals surface area (Å²) in [5, 5.41) is 56.8. The number of carbonyl (C=O) groups excluding carboxylic acids is 2. The highest BCUT2D eigenvalue weighted by Gasteiger charge is 2.47. The lowest BCUT2D eigenvalue weighted by atomic mass is 9.99. The van der Waals surface area contributed by atoms with Crippen LogP contribution >= 0.6 is 0 Å². The number of unbranched alkanes of at least 4 members (excludes halogenated alkanes) is 33. The van der Waals surface area contributed by atoms with Gasteiger partial charge in [-0.25, -0.2) is 0 Å². The number of amides is 1. The van der Waals surface area contributed by atoms with Crippen LogP contribution in [0.3, 0.4) is 0 Å². The van der Waals surface area contributed by atoms with Gasteiger partial charge in [0.25, 0.3) is 0 Å². The normalized spacial score (nSPS) is 19.9. The Bertz CT molecular complexity index is 1220. The van der Waals surface area contributed by atoms with Crippen LogP contribution in [0.4, 0.5) is 0 Å². The molecule has 6 N–H and O–H groups in total. The SMILES string of the molecule is CCCCCCCCC/C=C\CCCCC(O)C(=O)NC(COC1OC(CO)C(O)C(O)C1OC(=O)CCCCCCCCCCCCCCCCC)C(O)/C=C/CCCCCCCCCCCC. The van der Waals surface area contributed by atoms with E-state index in [2.05, 4.69) is 38.2 Å². The molecule has 69 heavy (non-hydrogen) atoms. The average Bonchev–Trinajstić information content (AvgIpc) is 3.34. The number of rotatable bonds is 49. The molecule has 0 saturated carbocycles. The number of aliphatic hydroxyl groups is 5. The fraction of sp³-hybridized carbons (Fsp3) is 0.897. The van der Waals surface area contributed by atoms with Crippen LogP contribution in [0.5, 0.6) is 0 Å². The van der Waals surface area contributed by atoms with Crippen molar-refractivity contribution < 1.29 is 49.3 Å². The first kappa shape index (κ1) is 65.2. The van der Waals surface area contributed by atoms with E-state index in [-0.39, 0.29) is 19.4 Å². The summed E-state index contributed by atoms with van der Waals surface area (Å²) in [5.74, 6) is -1.20. The summed E-state index contributed by atoms with van der Waals surface area (Å²) in [4.78, 5) is 26.4. The smallest absolute Gasteiger partial charge is 0.306 e. The second kappa shape index (κ2) is 47.2. The minimum Gasteiger partial charge on any atom is -0.454 e. The van der Waals surface area contributed by atoms with Crippen molar-refractivity contribution in [2.24, 2.45) is 0 Å². The van der Waals surface area contributed by atoms with Gasteiger partial charge in [-0.15, -0.1) is 0 Å². The predicted octanol–water partition coefficient (Wildman–Crippen LogP) is 12.9. The van der Waals surface area contributed by atoms with Crippen LogP contribution in [0.2, 0.25) is 0 Å². The first-order valence-corrected chi connectivity index (χ1v) is 29.1. The van der Waals surface area contributed by atoms with E-state index in [1.54, 1.807) is 6.08 Å². The molecular weight excluding hydrogens is 871 g/mol. The maximum Gasteiger partial charge on any atom is 0.306 e. The van der Waals surface area contributed by atoms with Crippen molar-refractivity contribution in [1.29, 1.82) is 0 Å². The fourth-order valence-electron chi connectivity index (χ4n) is 9.18. The van der Waals surface area contributed by atoms with Gasteiger partial charge in [-0.3, -0.25) is 9.59 Å². The molecule has 8 atom stereocenters. The number of hydrogen-bond acceptors (Lipinski definition) is 10. The maximum atomic E-state index is 13.3. The maximum absolute atomic E-state index is 13.3. The lowest BCUT2D eigenvalue weighted by Crippen LogP contribution is -2.61. The third kappa shape index (κ3) is 35.8. The van der Waals surface area contributed by atoms with E-state index in [9.17, 15) is 35.1 Å².